The minimum atomic E-state index is -4.79. The first-order chi connectivity index (χ1) is 17.8. The molecule has 4 aromatic rings. The summed E-state index contributed by atoms with van der Waals surface area (Å²) < 4.78 is 67.9. The highest BCUT2D eigenvalue weighted by Crippen LogP contribution is 2.35. The van der Waals surface area contributed by atoms with Gasteiger partial charge in [0.1, 0.15) is 11.6 Å². The van der Waals surface area contributed by atoms with Gasteiger partial charge in [-0.25, -0.2) is 8.78 Å². The Morgan fingerprint density at radius 2 is 1.27 bits per heavy atom. The molecule has 37 heavy (non-hydrogen) atoms. The molecule has 0 atom stereocenters. The molecule has 4 rings (SSSR count). The van der Waals surface area contributed by atoms with Gasteiger partial charge in [0.2, 0.25) is 0 Å². The molecule has 0 spiro atoms. The lowest BCUT2D eigenvalue weighted by molar-refractivity contribution is -0.139. The van der Waals surface area contributed by atoms with Gasteiger partial charge in [-0.1, -0.05) is 93.3 Å². The Labute approximate surface area is 215 Å². The average molecular weight is 511 g/mol. The second-order valence-electron chi connectivity index (χ2n) is 9.66. The van der Waals surface area contributed by atoms with E-state index in [0.29, 0.717) is 16.8 Å². The number of hydrogen-bond acceptors (Lipinski definition) is 0. The second kappa shape index (κ2) is 11.9. The van der Waals surface area contributed by atoms with E-state index in [2.05, 4.69) is 31.2 Å². The third-order valence-electron chi connectivity index (χ3n) is 6.90. The summed E-state index contributed by atoms with van der Waals surface area (Å²) in [4.78, 5) is 0. The quantitative estimate of drug-likeness (QED) is 0.147. The number of unbranched alkanes of at least 4 members (excludes halogenated alkanes) is 4. The molecule has 0 aliphatic rings. The predicted octanol–water partition coefficient (Wildman–Crippen LogP) is 10.1. The number of halogens is 5. The van der Waals surface area contributed by atoms with Gasteiger partial charge >= 0.3 is 6.18 Å². The summed E-state index contributed by atoms with van der Waals surface area (Å²) in [5.74, 6) is -1.99. The summed E-state index contributed by atoms with van der Waals surface area (Å²) in [7, 11) is 0. The van der Waals surface area contributed by atoms with Crippen molar-refractivity contribution in [1.82, 2.24) is 0 Å². The molecule has 0 amide bonds. The van der Waals surface area contributed by atoms with Gasteiger partial charge in [0, 0.05) is 10.9 Å². The topological polar surface area (TPSA) is 0 Å². The Morgan fingerprint density at radius 1 is 0.622 bits per heavy atom. The van der Waals surface area contributed by atoms with Crippen LogP contribution in [0.3, 0.4) is 0 Å². The smallest absolute Gasteiger partial charge is 0.206 e. The van der Waals surface area contributed by atoms with Crippen LogP contribution in [0.1, 0.15) is 61.3 Å². The van der Waals surface area contributed by atoms with E-state index in [1.807, 2.05) is 12.1 Å². The predicted molar refractivity (Wildman–Crippen MR) is 141 cm³/mol. The molecule has 194 valence electrons. The highest BCUT2D eigenvalue weighted by Gasteiger charge is 2.34. The van der Waals surface area contributed by atoms with E-state index < -0.39 is 23.4 Å². The van der Waals surface area contributed by atoms with Crippen molar-refractivity contribution in [3.8, 4) is 11.1 Å². The number of hydrogen-bond donors (Lipinski definition) is 0. The fraction of sp³-hybridized carbons (Fsp3) is 0.312. The second-order valence-corrected chi connectivity index (χ2v) is 9.66. The Balaban J connectivity index is 1.42. The van der Waals surface area contributed by atoms with Crippen molar-refractivity contribution in [3.63, 3.8) is 0 Å². The molecule has 0 fully saturated rings. The summed E-state index contributed by atoms with van der Waals surface area (Å²) >= 11 is 0. The van der Waals surface area contributed by atoms with Crippen molar-refractivity contribution in [2.24, 2.45) is 0 Å². The van der Waals surface area contributed by atoms with E-state index in [1.165, 1.54) is 49.3 Å². The maximum absolute atomic E-state index is 15.2. The summed E-state index contributed by atoms with van der Waals surface area (Å²) in [6.45, 7) is 2.22. The van der Waals surface area contributed by atoms with Gasteiger partial charge in [0.25, 0.3) is 0 Å². The van der Waals surface area contributed by atoms with Gasteiger partial charge in [0.05, 0.1) is 5.56 Å². The number of aryl methyl sites for hydroxylation is 3. The van der Waals surface area contributed by atoms with Crippen LogP contribution < -0.4 is 0 Å². The van der Waals surface area contributed by atoms with Gasteiger partial charge < -0.3 is 0 Å². The summed E-state index contributed by atoms with van der Waals surface area (Å²) in [5, 5.41) is 1.05. The molecule has 0 bridgehead atoms. The standard InChI is InChI=1S/C32H31F5/c1-2-3-4-5-6-7-22-8-10-23(11-9-22)12-13-24-14-17-27-25(20-24)15-18-28(31(27)34)26-16-19-29(30(33)21-26)32(35,36)37/h8-11,14-21H,2-7,12-13H2,1H3. The molecular weight excluding hydrogens is 479 g/mol. The van der Waals surface area contributed by atoms with Crippen LogP contribution in [0.2, 0.25) is 0 Å². The Morgan fingerprint density at radius 3 is 1.95 bits per heavy atom. The van der Waals surface area contributed by atoms with E-state index in [1.54, 1.807) is 12.1 Å². The Kier molecular flexibility index (Phi) is 8.63. The molecular formula is C32H31F5. The highest BCUT2D eigenvalue weighted by molar-refractivity contribution is 5.88. The number of fused-ring (bicyclic) bond motifs is 1. The first-order valence-electron chi connectivity index (χ1n) is 12.9. The maximum Gasteiger partial charge on any atom is 0.419 e. The molecule has 0 unspecified atom stereocenters. The van der Waals surface area contributed by atoms with Crippen LogP contribution in [-0.4, -0.2) is 0 Å². The third-order valence-corrected chi connectivity index (χ3v) is 6.90. The lowest BCUT2D eigenvalue weighted by atomic mass is 9.96. The zero-order valence-corrected chi connectivity index (χ0v) is 21.0. The molecule has 0 nitrogen and oxygen atoms in total. The normalized spacial score (nSPS) is 11.8. The minimum Gasteiger partial charge on any atom is -0.206 e. The molecule has 5 heteroatoms. The molecule has 0 N–H and O–H groups in total. The summed E-state index contributed by atoms with van der Waals surface area (Å²) in [6, 6.07) is 20.0. The van der Waals surface area contributed by atoms with Gasteiger partial charge in [-0.3, -0.25) is 0 Å². The molecule has 0 radical (unpaired) electrons. The lowest BCUT2D eigenvalue weighted by Crippen LogP contribution is -2.07. The van der Waals surface area contributed by atoms with Crippen molar-refractivity contribution < 1.29 is 22.0 Å². The fourth-order valence-corrected chi connectivity index (χ4v) is 4.73. The van der Waals surface area contributed by atoms with Crippen LogP contribution in [0.25, 0.3) is 21.9 Å². The van der Waals surface area contributed by atoms with Crippen LogP contribution in [-0.2, 0) is 25.4 Å². The van der Waals surface area contributed by atoms with Crippen LogP contribution in [0.4, 0.5) is 22.0 Å². The molecule has 0 saturated heterocycles. The average Bonchev–Trinajstić information content (AvgIpc) is 2.87. The van der Waals surface area contributed by atoms with Crippen molar-refractivity contribution in [1.29, 1.82) is 0 Å². The largest absolute Gasteiger partial charge is 0.419 e. The zero-order valence-electron chi connectivity index (χ0n) is 21.0. The number of rotatable bonds is 10. The molecule has 0 aliphatic heterocycles. The van der Waals surface area contributed by atoms with Crippen molar-refractivity contribution in [2.75, 3.05) is 0 Å². The SMILES string of the molecule is CCCCCCCc1ccc(CCc2ccc3c(F)c(-c4ccc(C(F)(F)F)c(F)c4)ccc3c2)cc1. The molecule has 0 aliphatic carbocycles. The van der Waals surface area contributed by atoms with Crippen molar-refractivity contribution >= 4 is 10.8 Å². The minimum absolute atomic E-state index is 0.0679. The van der Waals surface area contributed by atoms with Gasteiger partial charge in [-0.15, -0.1) is 0 Å². The Bertz CT molecular complexity index is 1340. The molecule has 4 aromatic carbocycles. The van der Waals surface area contributed by atoms with Crippen LogP contribution in [0.5, 0.6) is 0 Å². The van der Waals surface area contributed by atoms with Crippen molar-refractivity contribution in [2.45, 2.75) is 64.5 Å². The van der Waals surface area contributed by atoms with E-state index >= 15 is 4.39 Å². The monoisotopic (exact) mass is 510 g/mol. The van der Waals surface area contributed by atoms with Gasteiger partial charge in [-0.2, -0.15) is 13.2 Å². The highest BCUT2D eigenvalue weighted by atomic mass is 19.4. The summed E-state index contributed by atoms with van der Waals surface area (Å²) in [6.07, 6.45) is 4.36. The van der Waals surface area contributed by atoms with Gasteiger partial charge in [-0.05, 0) is 65.5 Å². The van der Waals surface area contributed by atoms with Crippen molar-refractivity contribution in [3.05, 3.63) is 107 Å². The van der Waals surface area contributed by atoms with E-state index in [-0.39, 0.29) is 11.1 Å². The van der Waals surface area contributed by atoms with Gasteiger partial charge in [0.15, 0.2) is 0 Å². The first-order valence-corrected chi connectivity index (χ1v) is 12.9. The van der Waals surface area contributed by atoms with Crippen LogP contribution in [0, 0.1) is 11.6 Å². The number of benzene rings is 4. The summed E-state index contributed by atoms with van der Waals surface area (Å²) in [5.41, 5.74) is 2.46. The van der Waals surface area contributed by atoms with E-state index in [0.717, 1.165) is 37.0 Å². The fourth-order valence-electron chi connectivity index (χ4n) is 4.73. The molecule has 0 aromatic heterocycles. The van der Waals surface area contributed by atoms with Crippen LogP contribution >= 0.6 is 0 Å². The van der Waals surface area contributed by atoms with E-state index in [4.69, 9.17) is 0 Å². The zero-order chi connectivity index (χ0) is 26.4. The third kappa shape index (κ3) is 6.76. The van der Waals surface area contributed by atoms with Crippen LogP contribution in [0.15, 0.2) is 72.8 Å². The number of alkyl halides is 3. The molecule has 0 saturated carbocycles. The Hall–Kier alpha value is -3.21. The van der Waals surface area contributed by atoms with E-state index in [9.17, 15) is 17.6 Å². The maximum atomic E-state index is 15.2. The molecule has 0 heterocycles. The lowest BCUT2D eigenvalue weighted by Gasteiger charge is -2.12. The first kappa shape index (κ1) is 26.8.